The maximum Gasteiger partial charge on any atom is 0.240 e. The zero-order chi connectivity index (χ0) is 12.6. The first-order chi connectivity index (χ1) is 7.94. The van der Waals surface area contributed by atoms with Crippen LogP contribution in [0.5, 0.6) is 5.75 Å². The summed E-state index contributed by atoms with van der Waals surface area (Å²) in [5.41, 5.74) is 5.54. The van der Waals surface area contributed by atoms with Crippen LogP contribution < -0.4 is 10.5 Å². The van der Waals surface area contributed by atoms with Gasteiger partial charge in [0.05, 0.1) is 10.6 Å². The van der Waals surface area contributed by atoms with Crippen molar-refractivity contribution in [2.24, 2.45) is 5.92 Å². The summed E-state index contributed by atoms with van der Waals surface area (Å²) in [6, 6.07) is 3.94. The maximum atomic E-state index is 12.0. The molecule has 0 bridgehead atoms. The van der Waals surface area contributed by atoms with Crippen LogP contribution in [0.4, 0.5) is 5.69 Å². The number of rotatable bonds is 4. The number of phenolic OH excluding ortho intramolecular Hbond substituents is 1. The summed E-state index contributed by atoms with van der Waals surface area (Å²) in [6.07, 6.45) is 1.87. The Labute approximate surface area is 101 Å². The summed E-state index contributed by atoms with van der Waals surface area (Å²) in [4.78, 5) is 0.0922. The molecule has 1 fully saturated rings. The van der Waals surface area contributed by atoms with E-state index in [9.17, 15) is 13.5 Å². The molecule has 2 atom stereocenters. The van der Waals surface area contributed by atoms with Crippen molar-refractivity contribution in [2.75, 3.05) is 5.73 Å². The Morgan fingerprint density at radius 2 is 2.24 bits per heavy atom. The van der Waals surface area contributed by atoms with E-state index in [0.717, 1.165) is 12.8 Å². The minimum Gasteiger partial charge on any atom is -0.506 e. The van der Waals surface area contributed by atoms with Crippen LogP contribution in [0.15, 0.2) is 23.1 Å². The lowest BCUT2D eigenvalue weighted by atomic mass is 10.3. The molecule has 94 valence electrons. The van der Waals surface area contributed by atoms with Crippen molar-refractivity contribution >= 4 is 15.7 Å². The van der Waals surface area contributed by atoms with E-state index in [0.29, 0.717) is 5.92 Å². The predicted octanol–water partition coefficient (Wildman–Crippen LogP) is 1.05. The predicted molar refractivity (Wildman–Crippen MR) is 65.0 cm³/mol. The third-order valence-corrected chi connectivity index (χ3v) is 4.55. The lowest BCUT2D eigenvalue weighted by molar-refractivity contribution is 0.477. The SMILES string of the molecule is CCC1CC1NS(=O)(=O)c1ccc(O)c(N)c1. The molecule has 1 aliphatic rings. The van der Waals surface area contributed by atoms with E-state index in [4.69, 9.17) is 5.73 Å². The lowest BCUT2D eigenvalue weighted by Gasteiger charge is -2.07. The summed E-state index contributed by atoms with van der Waals surface area (Å²) in [5, 5.41) is 9.24. The van der Waals surface area contributed by atoms with Crippen molar-refractivity contribution in [1.82, 2.24) is 4.72 Å². The van der Waals surface area contributed by atoms with Crippen LogP contribution >= 0.6 is 0 Å². The molecule has 17 heavy (non-hydrogen) atoms. The van der Waals surface area contributed by atoms with Crippen molar-refractivity contribution in [1.29, 1.82) is 0 Å². The first-order valence-corrected chi connectivity index (χ1v) is 7.03. The average molecular weight is 256 g/mol. The van der Waals surface area contributed by atoms with Crippen LogP contribution in [0.3, 0.4) is 0 Å². The van der Waals surface area contributed by atoms with Crippen LogP contribution in [0.1, 0.15) is 19.8 Å². The number of sulfonamides is 1. The van der Waals surface area contributed by atoms with Crippen LogP contribution in [0.25, 0.3) is 0 Å². The van der Waals surface area contributed by atoms with Gasteiger partial charge in [0, 0.05) is 6.04 Å². The second kappa shape index (κ2) is 4.19. The number of anilines is 1. The van der Waals surface area contributed by atoms with E-state index in [2.05, 4.69) is 4.72 Å². The molecule has 1 aromatic rings. The lowest BCUT2D eigenvalue weighted by Crippen LogP contribution is -2.27. The van der Waals surface area contributed by atoms with E-state index < -0.39 is 10.0 Å². The molecule has 1 saturated carbocycles. The topological polar surface area (TPSA) is 92.4 Å². The van der Waals surface area contributed by atoms with Crippen molar-refractivity contribution in [3.63, 3.8) is 0 Å². The van der Waals surface area contributed by atoms with E-state index in [1.165, 1.54) is 18.2 Å². The molecule has 5 nitrogen and oxygen atoms in total. The Morgan fingerprint density at radius 3 is 2.76 bits per heavy atom. The highest BCUT2D eigenvalue weighted by atomic mass is 32.2. The van der Waals surface area contributed by atoms with E-state index in [-0.39, 0.29) is 22.4 Å². The standard InChI is InChI=1S/C11H16N2O3S/c1-2-7-5-10(7)13-17(15,16)8-3-4-11(14)9(12)6-8/h3-4,6-7,10,13-14H,2,5,12H2,1H3. The molecule has 0 saturated heterocycles. The second-order valence-electron chi connectivity index (χ2n) is 4.35. The minimum atomic E-state index is -3.52. The van der Waals surface area contributed by atoms with Gasteiger partial charge in [-0.1, -0.05) is 13.3 Å². The van der Waals surface area contributed by atoms with Gasteiger partial charge in [-0.05, 0) is 30.5 Å². The third-order valence-electron chi connectivity index (χ3n) is 3.06. The molecular formula is C11H16N2O3S. The first kappa shape index (κ1) is 12.2. The molecule has 1 aromatic carbocycles. The fraction of sp³-hybridized carbons (Fsp3) is 0.455. The molecule has 0 aromatic heterocycles. The summed E-state index contributed by atoms with van der Waals surface area (Å²) in [7, 11) is -3.52. The number of nitrogens with two attached hydrogens (primary N) is 1. The van der Waals surface area contributed by atoms with Gasteiger partial charge in [0.1, 0.15) is 5.75 Å². The molecule has 2 unspecified atom stereocenters. The quantitative estimate of drug-likeness (QED) is 0.554. The Balaban J connectivity index is 2.17. The largest absolute Gasteiger partial charge is 0.506 e. The van der Waals surface area contributed by atoms with Gasteiger partial charge in [0.2, 0.25) is 10.0 Å². The van der Waals surface area contributed by atoms with Crippen molar-refractivity contribution in [3.8, 4) is 5.75 Å². The smallest absolute Gasteiger partial charge is 0.240 e. The normalized spacial score (nSPS) is 23.6. The minimum absolute atomic E-state index is 0.0417. The highest BCUT2D eigenvalue weighted by Crippen LogP contribution is 2.34. The number of hydrogen-bond acceptors (Lipinski definition) is 4. The van der Waals surface area contributed by atoms with Crippen molar-refractivity contribution in [2.45, 2.75) is 30.7 Å². The molecule has 0 radical (unpaired) electrons. The zero-order valence-corrected chi connectivity index (χ0v) is 10.4. The highest BCUT2D eigenvalue weighted by Gasteiger charge is 2.38. The Bertz CT molecular complexity index is 528. The number of benzene rings is 1. The fourth-order valence-electron chi connectivity index (χ4n) is 1.81. The summed E-state index contributed by atoms with van der Waals surface area (Å²) < 4.78 is 26.5. The summed E-state index contributed by atoms with van der Waals surface area (Å²) >= 11 is 0. The highest BCUT2D eigenvalue weighted by molar-refractivity contribution is 7.89. The summed E-state index contributed by atoms with van der Waals surface area (Å²) in [6.45, 7) is 2.04. The van der Waals surface area contributed by atoms with Crippen molar-refractivity contribution in [3.05, 3.63) is 18.2 Å². The molecule has 0 heterocycles. The van der Waals surface area contributed by atoms with Crippen LogP contribution in [0, 0.1) is 5.92 Å². The Kier molecular flexibility index (Phi) is 3.01. The van der Waals surface area contributed by atoms with Gasteiger partial charge in [0.25, 0.3) is 0 Å². The van der Waals surface area contributed by atoms with Gasteiger partial charge in [-0.25, -0.2) is 13.1 Å². The molecule has 0 amide bonds. The molecule has 0 spiro atoms. The van der Waals surface area contributed by atoms with Gasteiger partial charge in [-0.15, -0.1) is 0 Å². The van der Waals surface area contributed by atoms with Gasteiger partial charge in [-0.3, -0.25) is 0 Å². The molecular weight excluding hydrogens is 240 g/mol. The molecule has 1 aliphatic carbocycles. The zero-order valence-electron chi connectivity index (χ0n) is 9.55. The van der Waals surface area contributed by atoms with Gasteiger partial charge in [0.15, 0.2) is 0 Å². The fourth-order valence-corrected chi connectivity index (χ4v) is 3.16. The molecule has 2 rings (SSSR count). The van der Waals surface area contributed by atoms with Crippen LogP contribution in [-0.2, 0) is 10.0 Å². The van der Waals surface area contributed by atoms with Gasteiger partial charge < -0.3 is 10.8 Å². The van der Waals surface area contributed by atoms with E-state index >= 15 is 0 Å². The van der Waals surface area contributed by atoms with Crippen LogP contribution in [0.2, 0.25) is 0 Å². The maximum absolute atomic E-state index is 12.0. The first-order valence-electron chi connectivity index (χ1n) is 5.55. The van der Waals surface area contributed by atoms with Gasteiger partial charge >= 0.3 is 0 Å². The van der Waals surface area contributed by atoms with Crippen LogP contribution in [-0.4, -0.2) is 19.6 Å². The number of phenols is 1. The number of aromatic hydroxyl groups is 1. The second-order valence-corrected chi connectivity index (χ2v) is 6.07. The third kappa shape index (κ3) is 2.53. The molecule has 0 aliphatic heterocycles. The number of nitrogen functional groups attached to an aromatic ring is 1. The van der Waals surface area contributed by atoms with E-state index in [1.807, 2.05) is 6.92 Å². The Morgan fingerprint density at radius 1 is 1.53 bits per heavy atom. The number of nitrogens with one attached hydrogen (secondary N) is 1. The average Bonchev–Trinajstić information content (AvgIpc) is 2.99. The van der Waals surface area contributed by atoms with Crippen molar-refractivity contribution < 1.29 is 13.5 Å². The number of hydrogen-bond donors (Lipinski definition) is 3. The monoisotopic (exact) mass is 256 g/mol. The molecule has 6 heteroatoms. The van der Waals surface area contributed by atoms with E-state index in [1.54, 1.807) is 0 Å². The van der Waals surface area contributed by atoms with Gasteiger partial charge in [-0.2, -0.15) is 0 Å². The molecule has 4 N–H and O–H groups in total. The Hall–Kier alpha value is -1.27. The summed E-state index contributed by atoms with van der Waals surface area (Å²) in [5.74, 6) is 0.334.